The Hall–Kier alpha value is -2.82. The third-order valence-electron chi connectivity index (χ3n) is 3.94. The number of ether oxygens (including phenoxy) is 1. The molecule has 1 heterocycles. The van der Waals surface area contributed by atoms with Gasteiger partial charge < -0.3 is 15.4 Å². The van der Waals surface area contributed by atoms with E-state index in [0.29, 0.717) is 6.54 Å². The van der Waals surface area contributed by atoms with Gasteiger partial charge in [-0.05, 0) is 23.6 Å². The first kappa shape index (κ1) is 15.1. The molecule has 3 rings (SSSR count). The van der Waals surface area contributed by atoms with Gasteiger partial charge in [-0.1, -0.05) is 54.6 Å². The Morgan fingerprint density at radius 1 is 1.13 bits per heavy atom. The van der Waals surface area contributed by atoms with Gasteiger partial charge in [-0.2, -0.15) is 0 Å². The molecule has 1 aliphatic rings. The Balaban J connectivity index is 1.70. The van der Waals surface area contributed by atoms with Crippen molar-refractivity contribution < 1.29 is 14.3 Å². The van der Waals surface area contributed by atoms with Gasteiger partial charge in [0.25, 0.3) is 0 Å². The van der Waals surface area contributed by atoms with E-state index < -0.39 is 18.2 Å². The van der Waals surface area contributed by atoms with Gasteiger partial charge in [0.05, 0.1) is 0 Å². The highest BCUT2D eigenvalue weighted by atomic mass is 16.6. The Morgan fingerprint density at radius 2 is 1.83 bits per heavy atom. The van der Waals surface area contributed by atoms with E-state index in [9.17, 15) is 9.59 Å². The molecular formula is C18H18N2O3. The van der Waals surface area contributed by atoms with Crippen molar-refractivity contribution in [1.82, 2.24) is 10.6 Å². The van der Waals surface area contributed by atoms with Crippen LogP contribution in [-0.2, 0) is 16.1 Å². The van der Waals surface area contributed by atoms with E-state index in [1.165, 1.54) is 0 Å². The van der Waals surface area contributed by atoms with E-state index in [1.54, 1.807) is 0 Å². The van der Waals surface area contributed by atoms with Gasteiger partial charge in [0.1, 0.15) is 0 Å². The van der Waals surface area contributed by atoms with Crippen LogP contribution in [0.2, 0.25) is 0 Å². The molecule has 0 bridgehead atoms. The smallest absolute Gasteiger partial charge is 0.408 e. The molecule has 118 valence electrons. The number of alkyl carbamates (subject to hydrolysis) is 1. The molecule has 1 saturated heterocycles. The second-order valence-electron chi connectivity index (χ2n) is 5.50. The number of cyclic esters (lactones) is 1. The standard InChI is InChI=1S/C18H18N2O3/c1-12-7-5-6-10-14(12)11-19-17(21)15-16(23-18(22)20-15)13-8-3-2-4-9-13/h2-10,15-16H,11H2,1H3,(H,19,21)(H,20,22). The summed E-state index contributed by atoms with van der Waals surface area (Å²) in [5.41, 5.74) is 2.95. The molecule has 0 aromatic heterocycles. The van der Waals surface area contributed by atoms with E-state index in [2.05, 4.69) is 10.6 Å². The molecule has 23 heavy (non-hydrogen) atoms. The molecule has 5 nitrogen and oxygen atoms in total. The third-order valence-corrected chi connectivity index (χ3v) is 3.94. The molecule has 1 fully saturated rings. The van der Waals surface area contributed by atoms with Gasteiger partial charge in [0.15, 0.2) is 12.1 Å². The lowest BCUT2D eigenvalue weighted by atomic mass is 10.0. The van der Waals surface area contributed by atoms with E-state index in [-0.39, 0.29) is 5.91 Å². The molecule has 5 heteroatoms. The van der Waals surface area contributed by atoms with E-state index >= 15 is 0 Å². The second-order valence-corrected chi connectivity index (χ2v) is 5.50. The van der Waals surface area contributed by atoms with E-state index in [4.69, 9.17) is 4.74 Å². The number of carbonyl (C=O) groups is 2. The maximum Gasteiger partial charge on any atom is 0.408 e. The van der Waals surface area contributed by atoms with Gasteiger partial charge >= 0.3 is 6.09 Å². The van der Waals surface area contributed by atoms with Gasteiger partial charge in [-0.15, -0.1) is 0 Å². The summed E-state index contributed by atoms with van der Waals surface area (Å²) in [6, 6.07) is 16.4. The molecule has 2 aromatic rings. The van der Waals surface area contributed by atoms with Crippen molar-refractivity contribution in [2.45, 2.75) is 25.6 Å². The van der Waals surface area contributed by atoms with E-state index in [0.717, 1.165) is 16.7 Å². The molecule has 0 radical (unpaired) electrons. The summed E-state index contributed by atoms with van der Waals surface area (Å²) in [6.45, 7) is 2.41. The Kier molecular flexibility index (Phi) is 4.28. The molecule has 0 saturated carbocycles. The largest absolute Gasteiger partial charge is 0.439 e. The zero-order valence-electron chi connectivity index (χ0n) is 12.8. The van der Waals surface area contributed by atoms with Crippen LogP contribution < -0.4 is 10.6 Å². The first-order chi connectivity index (χ1) is 11.1. The minimum Gasteiger partial charge on any atom is -0.439 e. The molecule has 2 atom stereocenters. The van der Waals surface area contributed by atoms with Crippen LogP contribution in [0.5, 0.6) is 0 Å². The van der Waals surface area contributed by atoms with Gasteiger partial charge in [0.2, 0.25) is 5.91 Å². The van der Waals surface area contributed by atoms with Crippen LogP contribution in [0.25, 0.3) is 0 Å². The molecule has 2 amide bonds. The fourth-order valence-electron chi connectivity index (χ4n) is 2.63. The summed E-state index contributed by atoms with van der Waals surface area (Å²) in [7, 11) is 0. The minimum absolute atomic E-state index is 0.257. The Morgan fingerprint density at radius 3 is 2.57 bits per heavy atom. The SMILES string of the molecule is Cc1ccccc1CNC(=O)C1NC(=O)OC1c1ccccc1. The van der Waals surface area contributed by atoms with E-state index in [1.807, 2.05) is 61.5 Å². The molecule has 2 N–H and O–H groups in total. The first-order valence-electron chi connectivity index (χ1n) is 7.49. The number of aryl methyl sites for hydroxylation is 1. The summed E-state index contributed by atoms with van der Waals surface area (Å²) >= 11 is 0. The zero-order chi connectivity index (χ0) is 16.2. The predicted molar refractivity (Wildman–Crippen MR) is 85.6 cm³/mol. The third kappa shape index (κ3) is 3.34. The van der Waals surface area contributed by atoms with Crippen molar-refractivity contribution in [1.29, 1.82) is 0 Å². The highest BCUT2D eigenvalue weighted by Crippen LogP contribution is 2.26. The van der Waals surface area contributed by atoms with Crippen LogP contribution in [0.3, 0.4) is 0 Å². The van der Waals surface area contributed by atoms with Crippen LogP contribution in [0.1, 0.15) is 22.8 Å². The summed E-state index contributed by atoms with van der Waals surface area (Å²) < 4.78 is 5.25. The van der Waals surface area contributed by atoms with Crippen LogP contribution in [0.15, 0.2) is 54.6 Å². The van der Waals surface area contributed by atoms with Crippen molar-refractivity contribution in [3.63, 3.8) is 0 Å². The lowest BCUT2D eigenvalue weighted by Crippen LogP contribution is -2.43. The molecular weight excluding hydrogens is 292 g/mol. The van der Waals surface area contributed by atoms with Crippen molar-refractivity contribution in [3.8, 4) is 0 Å². The highest BCUT2D eigenvalue weighted by molar-refractivity contribution is 5.88. The van der Waals surface area contributed by atoms with Crippen molar-refractivity contribution in [2.75, 3.05) is 0 Å². The molecule has 1 aliphatic heterocycles. The lowest BCUT2D eigenvalue weighted by molar-refractivity contribution is -0.124. The number of hydrogen-bond acceptors (Lipinski definition) is 3. The summed E-state index contributed by atoms with van der Waals surface area (Å²) in [5, 5.41) is 5.45. The topological polar surface area (TPSA) is 67.4 Å². The van der Waals surface area contributed by atoms with Crippen LogP contribution in [0.4, 0.5) is 4.79 Å². The van der Waals surface area contributed by atoms with Crippen LogP contribution in [-0.4, -0.2) is 18.0 Å². The maximum atomic E-state index is 12.5. The predicted octanol–water partition coefficient (Wildman–Crippen LogP) is 2.46. The van der Waals surface area contributed by atoms with Crippen molar-refractivity contribution in [3.05, 3.63) is 71.3 Å². The summed E-state index contributed by atoms with van der Waals surface area (Å²) in [4.78, 5) is 24.0. The number of carbonyl (C=O) groups excluding carboxylic acids is 2. The second kappa shape index (κ2) is 6.52. The number of rotatable bonds is 4. The Labute approximate surface area is 134 Å². The van der Waals surface area contributed by atoms with Crippen molar-refractivity contribution >= 4 is 12.0 Å². The number of hydrogen-bond donors (Lipinski definition) is 2. The number of nitrogens with one attached hydrogen (secondary N) is 2. The number of benzene rings is 2. The Bertz CT molecular complexity index is 715. The minimum atomic E-state index is -0.728. The van der Waals surface area contributed by atoms with Crippen molar-refractivity contribution in [2.24, 2.45) is 0 Å². The fraction of sp³-hybridized carbons (Fsp3) is 0.222. The van der Waals surface area contributed by atoms with Crippen LogP contribution in [0, 0.1) is 6.92 Å². The average Bonchev–Trinajstić information content (AvgIpc) is 2.97. The molecule has 0 spiro atoms. The van der Waals surface area contributed by atoms with Gasteiger partial charge in [-0.3, -0.25) is 4.79 Å². The quantitative estimate of drug-likeness (QED) is 0.911. The maximum absolute atomic E-state index is 12.5. The molecule has 2 unspecified atom stereocenters. The summed E-state index contributed by atoms with van der Waals surface area (Å²) in [6.07, 6.45) is -1.18. The fourth-order valence-corrected chi connectivity index (χ4v) is 2.63. The van der Waals surface area contributed by atoms with Gasteiger partial charge in [-0.25, -0.2) is 4.79 Å². The van der Waals surface area contributed by atoms with Crippen LogP contribution >= 0.6 is 0 Å². The summed E-state index contributed by atoms with van der Waals surface area (Å²) in [5.74, 6) is -0.257. The zero-order valence-corrected chi connectivity index (χ0v) is 12.8. The molecule has 0 aliphatic carbocycles. The highest BCUT2D eigenvalue weighted by Gasteiger charge is 2.40. The molecule has 2 aromatic carbocycles. The lowest BCUT2D eigenvalue weighted by Gasteiger charge is -2.17. The van der Waals surface area contributed by atoms with Gasteiger partial charge in [0, 0.05) is 6.54 Å². The monoisotopic (exact) mass is 310 g/mol. The normalized spacial score (nSPS) is 19.8. The first-order valence-corrected chi connectivity index (χ1v) is 7.49. The number of amides is 2. The average molecular weight is 310 g/mol.